The molecule has 4 rings (SSSR count). The molecule has 0 saturated carbocycles. The summed E-state index contributed by atoms with van der Waals surface area (Å²) in [7, 11) is 3.39. The highest BCUT2D eigenvalue weighted by Crippen LogP contribution is 2.32. The van der Waals surface area contributed by atoms with Crippen molar-refractivity contribution >= 4 is 17.5 Å². The predicted octanol–water partition coefficient (Wildman–Crippen LogP) is 2.32. The van der Waals surface area contributed by atoms with Gasteiger partial charge in [0.25, 0.3) is 5.89 Å². The number of aromatic nitrogens is 4. The number of nitrogens with zero attached hydrogens (tertiary/aromatic N) is 5. The molecule has 0 unspecified atom stereocenters. The number of amides is 1. The lowest BCUT2D eigenvalue weighted by Gasteiger charge is -2.27. The summed E-state index contributed by atoms with van der Waals surface area (Å²) < 4.78 is 12.6. The van der Waals surface area contributed by atoms with Crippen LogP contribution in [-0.4, -0.2) is 51.0 Å². The summed E-state index contributed by atoms with van der Waals surface area (Å²) >= 11 is 6.21. The van der Waals surface area contributed by atoms with Crippen molar-refractivity contribution in [2.75, 3.05) is 20.3 Å². The van der Waals surface area contributed by atoms with Crippen molar-refractivity contribution in [3.05, 3.63) is 40.5 Å². The van der Waals surface area contributed by atoms with Gasteiger partial charge in [0.2, 0.25) is 11.8 Å². The number of ether oxygens (including phenoxy) is 1. The Labute approximate surface area is 160 Å². The van der Waals surface area contributed by atoms with Crippen LogP contribution in [0.1, 0.15) is 11.3 Å². The van der Waals surface area contributed by atoms with Gasteiger partial charge < -0.3 is 14.1 Å². The molecule has 1 amide bonds. The van der Waals surface area contributed by atoms with E-state index in [4.69, 9.17) is 20.8 Å². The maximum absolute atomic E-state index is 12.2. The lowest BCUT2D eigenvalue weighted by Crippen LogP contribution is -2.38. The minimum Gasteiger partial charge on any atom is -0.414 e. The molecule has 0 radical (unpaired) electrons. The molecule has 0 atom stereocenters. The van der Waals surface area contributed by atoms with Gasteiger partial charge in [-0.3, -0.25) is 9.48 Å². The van der Waals surface area contributed by atoms with Gasteiger partial charge in [0.15, 0.2) is 5.69 Å². The molecule has 3 aromatic rings. The maximum atomic E-state index is 12.2. The third-order valence-corrected chi connectivity index (χ3v) is 4.92. The Kier molecular flexibility index (Phi) is 4.67. The Morgan fingerprint density at radius 1 is 1.30 bits per heavy atom. The molecule has 0 bridgehead atoms. The first-order valence-corrected chi connectivity index (χ1v) is 8.86. The molecule has 27 heavy (non-hydrogen) atoms. The first kappa shape index (κ1) is 17.7. The van der Waals surface area contributed by atoms with Crippen LogP contribution >= 0.6 is 11.6 Å². The number of fused-ring (bicyclic) bond motifs is 1. The molecule has 3 heterocycles. The molecule has 8 nitrogen and oxygen atoms in total. The smallest absolute Gasteiger partial charge is 0.268 e. The van der Waals surface area contributed by atoms with Gasteiger partial charge in [-0.15, -0.1) is 10.2 Å². The molecule has 1 aromatic carbocycles. The van der Waals surface area contributed by atoms with Gasteiger partial charge in [0, 0.05) is 44.9 Å². The number of carbonyl (C=O) groups is 1. The van der Waals surface area contributed by atoms with Crippen molar-refractivity contribution in [2.45, 2.75) is 13.0 Å². The number of methoxy groups -OCH3 is 1. The van der Waals surface area contributed by atoms with Crippen molar-refractivity contribution in [3.63, 3.8) is 0 Å². The Morgan fingerprint density at radius 2 is 2.07 bits per heavy atom. The largest absolute Gasteiger partial charge is 0.414 e. The van der Waals surface area contributed by atoms with E-state index in [1.54, 1.807) is 11.0 Å². The molecule has 1 aliphatic heterocycles. The topological polar surface area (TPSA) is 86.3 Å². The number of rotatable bonds is 4. The minimum absolute atomic E-state index is 0.0553. The van der Waals surface area contributed by atoms with Gasteiger partial charge in [0.1, 0.15) is 6.61 Å². The fraction of sp³-hybridized carbons (Fsp3) is 0.333. The van der Waals surface area contributed by atoms with E-state index in [0.717, 1.165) is 11.3 Å². The van der Waals surface area contributed by atoms with Crippen molar-refractivity contribution in [1.82, 2.24) is 24.9 Å². The van der Waals surface area contributed by atoms with Gasteiger partial charge in [-0.1, -0.05) is 23.7 Å². The van der Waals surface area contributed by atoms with Crippen molar-refractivity contribution in [2.24, 2.45) is 7.05 Å². The molecule has 0 N–H and O–H groups in total. The predicted molar refractivity (Wildman–Crippen MR) is 97.9 cm³/mol. The molecular formula is C18H18ClN5O3. The quantitative estimate of drug-likeness (QED) is 0.682. The number of benzene rings is 1. The standard InChI is InChI=1S/C18H18ClN5O3/c1-23-14-7-8-24(15(25)10-26-2)9-12(14)16(22-23)18-21-20-17(27-18)11-5-3-4-6-13(11)19/h3-6H,7-10H2,1-2H3. The summed E-state index contributed by atoms with van der Waals surface area (Å²) in [5.74, 6) is 0.584. The molecule has 0 saturated heterocycles. The third-order valence-electron chi connectivity index (χ3n) is 4.59. The average Bonchev–Trinajstić information content (AvgIpc) is 3.27. The van der Waals surface area contributed by atoms with E-state index in [1.807, 2.05) is 29.9 Å². The summed E-state index contributed by atoms with van der Waals surface area (Å²) in [6.45, 7) is 1.12. The highest BCUT2D eigenvalue weighted by atomic mass is 35.5. The zero-order valence-electron chi connectivity index (χ0n) is 15.0. The van der Waals surface area contributed by atoms with E-state index in [-0.39, 0.29) is 12.5 Å². The first-order valence-electron chi connectivity index (χ1n) is 8.48. The molecule has 9 heteroatoms. The fourth-order valence-electron chi connectivity index (χ4n) is 3.25. The van der Waals surface area contributed by atoms with E-state index in [9.17, 15) is 4.79 Å². The number of hydrogen-bond donors (Lipinski definition) is 0. The van der Waals surface area contributed by atoms with Gasteiger partial charge in [-0.2, -0.15) is 5.10 Å². The van der Waals surface area contributed by atoms with Crippen LogP contribution in [0.4, 0.5) is 0 Å². The molecule has 0 aliphatic carbocycles. The summed E-state index contributed by atoms with van der Waals surface area (Å²) in [6, 6.07) is 7.28. The van der Waals surface area contributed by atoms with E-state index in [2.05, 4.69) is 15.3 Å². The summed E-state index contributed by atoms with van der Waals surface area (Å²) in [5.41, 5.74) is 3.24. The highest BCUT2D eigenvalue weighted by molar-refractivity contribution is 6.33. The van der Waals surface area contributed by atoms with Crippen molar-refractivity contribution < 1.29 is 13.9 Å². The molecule has 2 aromatic heterocycles. The van der Waals surface area contributed by atoms with Crippen LogP contribution in [0.5, 0.6) is 0 Å². The lowest BCUT2D eigenvalue weighted by molar-refractivity contribution is -0.136. The number of hydrogen-bond acceptors (Lipinski definition) is 6. The number of halogens is 1. The third kappa shape index (κ3) is 3.22. The molecule has 1 aliphatic rings. The summed E-state index contributed by atoms with van der Waals surface area (Å²) in [6.07, 6.45) is 0.708. The zero-order chi connectivity index (χ0) is 19.0. The number of carbonyl (C=O) groups excluding carboxylic acids is 1. The van der Waals surface area contributed by atoms with E-state index in [0.29, 0.717) is 47.6 Å². The number of aryl methyl sites for hydroxylation is 1. The highest BCUT2D eigenvalue weighted by Gasteiger charge is 2.29. The van der Waals surface area contributed by atoms with Crippen LogP contribution < -0.4 is 0 Å². The normalized spacial score (nSPS) is 13.7. The second-order valence-corrected chi connectivity index (χ2v) is 6.70. The van der Waals surface area contributed by atoms with Gasteiger partial charge in [-0.05, 0) is 12.1 Å². The van der Waals surface area contributed by atoms with Crippen LogP contribution in [0.3, 0.4) is 0 Å². The van der Waals surface area contributed by atoms with Gasteiger partial charge in [-0.25, -0.2) is 0 Å². The Hall–Kier alpha value is -2.71. The van der Waals surface area contributed by atoms with Gasteiger partial charge in [0.05, 0.1) is 10.6 Å². The van der Waals surface area contributed by atoms with Crippen LogP contribution in [0.2, 0.25) is 5.02 Å². The second-order valence-electron chi connectivity index (χ2n) is 6.29. The Balaban J connectivity index is 1.69. The Bertz CT molecular complexity index is 997. The fourth-order valence-corrected chi connectivity index (χ4v) is 3.47. The second kappa shape index (κ2) is 7.13. The van der Waals surface area contributed by atoms with Crippen LogP contribution in [0.25, 0.3) is 23.0 Å². The van der Waals surface area contributed by atoms with Crippen molar-refractivity contribution in [3.8, 4) is 23.0 Å². The van der Waals surface area contributed by atoms with E-state index >= 15 is 0 Å². The monoisotopic (exact) mass is 387 g/mol. The lowest BCUT2D eigenvalue weighted by atomic mass is 10.0. The van der Waals surface area contributed by atoms with Gasteiger partial charge >= 0.3 is 0 Å². The van der Waals surface area contributed by atoms with E-state index in [1.165, 1.54) is 7.11 Å². The Morgan fingerprint density at radius 3 is 2.85 bits per heavy atom. The molecule has 0 fully saturated rings. The zero-order valence-corrected chi connectivity index (χ0v) is 15.7. The molecule has 140 valence electrons. The van der Waals surface area contributed by atoms with Crippen LogP contribution in [0, 0.1) is 0 Å². The molecular weight excluding hydrogens is 370 g/mol. The van der Waals surface area contributed by atoms with Crippen molar-refractivity contribution in [1.29, 1.82) is 0 Å². The van der Waals surface area contributed by atoms with Crippen LogP contribution in [0.15, 0.2) is 28.7 Å². The van der Waals surface area contributed by atoms with Crippen LogP contribution in [-0.2, 0) is 29.5 Å². The SMILES string of the molecule is COCC(=O)N1CCc2c(c(-c3nnc(-c4ccccc4Cl)o3)nn2C)C1. The minimum atomic E-state index is -0.0553. The summed E-state index contributed by atoms with van der Waals surface area (Å²) in [4.78, 5) is 13.9. The maximum Gasteiger partial charge on any atom is 0.268 e. The first-order chi connectivity index (χ1) is 13.1. The summed E-state index contributed by atoms with van der Waals surface area (Å²) in [5, 5.41) is 13.4. The van der Waals surface area contributed by atoms with E-state index < -0.39 is 0 Å². The molecule has 0 spiro atoms. The average molecular weight is 388 g/mol.